The van der Waals surface area contributed by atoms with E-state index >= 15 is 0 Å². The van der Waals surface area contributed by atoms with E-state index in [0.29, 0.717) is 44.9 Å². The van der Waals surface area contributed by atoms with Crippen LogP contribution in [0.25, 0.3) is 0 Å². The summed E-state index contributed by atoms with van der Waals surface area (Å²) in [5.41, 5.74) is -0.0228. The van der Waals surface area contributed by atoms with Crippen LogP contribution < -0.4 is 0 Å². The van der Waals surface area contributed by atoms with E-state index < -0.39 is 5.60 Å². The van der Waals surface area contributed by atoms with Crippen LogP contribution in [0.5, 0.6) is 0 Å². The zero-order valence-electron chi connectivity index (χ0n) is 13.4. The van der Waals surface area contributed by atoms with Crippen LogP contribution in [0.3, 0.4) is 0 Å². The molecule has 6 heteroatoms. The Morgan fingerprint density at radius 1 is 1.24 bits per heavy atom. The van der Waals surface area contributed by atoms with Crippen molar-refractivity contribution in [3.63, 3.8) is 0 Å². The van der Waals surface area contributed by atoms with Gasteiger partial charge in [-0.15, -0.1) is 0 Å². The first-order valence-electron chi connectivity index (χ1n) is 7.60. The summed E-state index contributed by atoms with van der Waals surface area (Å²) in [6.07, 6.45) is 1.11. The Balaban J connectivity index is 1.87. The smallest absolute Gasteiger partial charge is 0.269 e. The molecular weight excluding hydrogens is 270 g/mol. The Hall–Kier alpha value is -1.59. The highest BCUT2D eigenvalue weighted by Gasteiger charge is 2.44. The fourth-order valence-corrected chi connectivity index (χ4v) is 2.82. The van der Waals surface area contributed by atoms with E-state index in [4.69, 9.17) is 4.84 Å². The second-order valence-electron chi connectivity index (χ2n) is 6.60. The summed E-state index contributed by atoms with van der Waals surface area (Å²) in [5, 5.41) is 3.89. The zero-order valence-corrected chi connectivity index (χ0v) is 13.4. The number of nitrogens with zero attached hydrogens (tertiary/aromatic N) is 3. The molecule has 0 bridgehead atoms. The molecule has 21 heavy (non-hydrogen) atoms. The van der Waals surface area contributed by atoms with Gasteiger partial charge in [0.2, 0.25) is 11.5 Å². The van der Waals surface area contributed by atoms with Crippen LogP contribution in [0, 0.1) is 5.92 Å². The molecule has 1 fully saturated rings. The van der Waals surface area contributed by atoms with Crippen molar-refractivity contribution in [2.45, 2.75) is 46.1 Å². The molecule has 0 unspecified atom stereocenters. The number of carbonyl (C=O) groups excluding carboxylic acids is 2. The lowest BCUT2D eigenvalue weighted by Gasteiger charge is -2.37. The second-order valence-corrected chi connectivity index (χ2v) is 6.60. The van der Waals surface area contributed by atoms with Gasteiger partial charge < -0.3 is 14.6 Å². The quantitative estimate of drug-likeness (QED) is 0.787. The van der Waals surface area contributed by atoms with Crippen molar-refractivity contribution in [2.75, 3.05) is 26.2 Å². The summed E-state index contributed by atoms with van der Waals surface area (Å²) >= 11 is 0. The van der Waals surface area contributed by atoms with E-state index in [1.165, 1.54) is 0 Å². The molecule has 2 rings (SSSR count). The first-order chi connectivity index (χ1) is 9.82. The molecule has 0 aromatic carbocycles. The summed E-state index contributed by atoms with van der Waals surface area (Å²) in [6.45, 7) is 10.1. The van der Waals surface area contributed by atoms with E-state index in [1.54, 1.807) is 11.8 Å². The number of rotatable bonds is 3. The predicted molar refractivity (Wildman–Crippen MR) is 79.8 cm³/mol. The van der Waals surface area contributed by atoms with Gasteiger partial charge in [0.15, 0.2) is 0 Å². The highest BCUT2D eigenvalue weighted by atomic mass is 16.7. The Morgan fingerprint density at radius 3 is 2.29 bits per heavy atom. The predicted octanol–water partition coefficient (Wildman–Crippen LogP) is 1.26. The lowest BCUT2D eigenvalue weighted by atomic mass is 9.98. The number of oxime groups is 1. The highest BCUT2D eigenvalue weighted by molar-refractivity contribution is 5.94. The average Bonchev–Trinajstić information content (AvgIpc) is 2.78. The molecule has 2 heterocycles. The molecular formula is C15H25N3O3. The molecule has 0 N–H and O–H groups in total. The molecule has 2 aliphatic rings. The molecule has 1 saturated heterocycles. The monoisotopic (exact) mass is 295 g/mol. The molecule has 0 spiro atoms. The number of amides is 2. The van der Waals surface area contributed by atoms with Crippen LogP contribution in [0.1, 0.15) is 40.5 Å². The van der Waals surface area contributed by atoms with E-state index in [2.05, 4.69) is 5.16 Å². The van der Waals surface area contributed by atoms with Gasteiger partial charge in [-0.1, -0.05) is 19.0 Å². The van der Waals surface area contributed by atoms with Gasteiger partial charge in [0.05, 0.1) is 5.71 Å². The fraction of sp³-hybridized carbons (Fsp3) is 0.800. The number of hydrogen-bond acceptors (Lipinski definition) is 4. The molecule has 118 valence electrons. The molecule has 0 aromatic heterocycles. The van der Waals surface area contributed by atoms with Crippen molar-refractivity contribution in [2.24, 2.45) is 11.1 Å². The van der Waals surface area contributed by atoms with Crippen molar-refractivity contribution in [1.29, 1.82) is 0 Å². The largest absolute Gasteiger partial charge is 0.379 e. The third kappa shape index (κ3) is 3.54. The molecule has 0 aliphatic carbocycles. The van der Waals surface area contributed by atoms with Crippen LogP contribution in [0.2, 0.25) is 0 Å². The standard InChI is InChI=1S/C15H25N3O3/c1-11(2)9-13(19)17-5-7-18(8-6-17)14(20)15(4)10-12(3)16-21-15/h11H,5-10H2,1-4H3/t15-/m0/s1. The summed E-state index contributed by atoms with van der Waals surface area (Å²) < 4.78 is 0. The number of piperazine rings is 1. The molecule has 0 aromatic rings. The van der Waals surface area contributed by atoms with Gasteiger partial charge in [-0.05, 0) is 19.8 Å². The minimum absolute atomic E-state index is 0.0286. The van der Waals surface area contributed by atoms with E-state index in [-0.39, 0.29) is 11.8 Å². The maximum atomic E-state index is 12.5. The second kappa shape index (κ2) is 6.03. The molecule has 1 atom stereocenters. The van der Waals surface area contributed by atoms with Gasteiger partial charge in [0, 0.05) is 39.0 Å². The Bertz CT molecular complexity index is 453. The van der Waals surface area contributed by atoms with Crippen molar-refractivity contribution in [1.82, 2.24) is 9.80 Å². The van der Waals surface area contributed by atoms with Crippen LogP contribution in [0.4, 0.5) is 0 Å². The van der Waals surface area contributed by atoms with Gasteiger partial charge in [0.1, 0.15) is 0 Å². The first-order valence-corrected chi connectivity index (χ1v) is 7.60. The molecule has 2 aliphatic heterocycles. The van der Waals surface area contributed by atoms with Crippen LogP contribution in [0.15, 0.2) is 5.16 Å². The van der Waals surface area contributed by atoms with Crippen LogP contribution in [-0.2, 0) is 14.4 Å². The maximum Gasteiger partial charge on any atom is 0.269 e. The zero-order chi connectivity index (χ0) is 15.6. The van der Waals surface area contributed by atoms with Crippen LogP contribution >= 0.6 is 0 Å². The van der Waals surface area contributed by atoms with Gasteiger partial charge >= 0.3 is 0 Å². The molecule has 0 radical (unpaired) electrons. The van der Waals surface area contributed by atoms with Gasteiger partial charge in [-0.3, -0.25) is 9.59 Å². The summed E-state index contributed by atoms with van der Waals surface area (Å²) in [5.74, 6) is 0.516. The highest BCUT2D eigenvalue weighted by Crippen LogP contribution is 2.26. The lowest BCUT2D eigenvalue weighted by Crippen LogP contribution is -2.56. The normalized spacial score (nSPS) is 25.9. The minimum Gasteiger partial charge on any atom is -0.379 e. The summed E-state index contributed by atoms with van der Waals surface area (Å²) in [6, 6.07) is 0. The lowest BCUT2D eigenvalue weighted by molar-refractivity contribution is -0.156. The topological polar surface area (TPSA) is 62.2 Å². The Labute approximate surface area is 126 Å². The SMILES string of the molecule is CC1=NO[C@](C)(C(=O)N2CCN(C(=O)CC(C)C)CC2)C1. The Morgan fingerprint density at radius 2 is 1.81 bits per heavy atom. The van der Waals surface area contributed by atoms with Crippen molar-refractivity contribution in [3.8, 4) is 0 Å². The van der Waals surface area contributed by atoms with E-state index in [0.717, 1.165) is 5.71 Å². The van der Waals surface area contributed by atoms with Gasteiger partial charge in [0.25, 0.3) is 5.91 Å². The Kier molecular flexibility index (Phi) is 4.54. The third-order valence-corrected chi connectivity index (χ3v) is 3.95. The molecule has 2 amide bonds. The third-order valence-electron chi connectivity index (χ3n) is 3.95. The first kappa shape index (κ1) is 15.8. The summed E-state index contributed by atoms with van der Waals surface area (Å²) in [7, 11) is 0. The minimum atomic E-state index is -0.867. The van der Waals surface area contributed by atoms with E-state index in [9.17, 15) is 9.59 Å². The van der Waals surface area contributed by atoms with Gasteiger partial charge in [-0.25, -0.2) is 0 Å². The maximum absolute atomic E-state index is 12.5. The number of carbonyl (C=O) groups is 2. The molecule has 6 nitrogen and oxygen atoms in total. The van der Waals surface area contributed by atoms with Crippen molar-refractivity contribution in [3.05, 3.63) is 0 Å². The van der Waals surface area contributed by atoms with Crippen molar-refractivity contribution < 1.29 is 14.4 Å². The number of hydrogen-bond donors (Lipinski definition) is 0. The average molecular weight is 295 g/mol. The van der Waals surface area contributed by atoms with E-state index in [1.807, 2.05) is 25.7 Å². The molecule has 0 saturated carbocycles. The van der Waals surface area contributed by atoms with Crippen LogP contribution in [-0.4, -0.2) is 59.1 Å². The van der Waals surface area contributed by atoms with Gasteiger partial charge in [-0.2, -0.15) is 0 Å². The fourth-order valence-electron chi connectivity index (χ4n) is 2.82. The summed E-state index contributed by atoms with van der Waals surface area (Å²) in [4.78, 5) is 33.5. The van der Waals surface area contributed by atoms with Crippen molar-refractivity contribution >= 4 is 17.5 Å².